The maximum atomic E-state index is 13.8. The lowest BCUT2D eigenvalue weighted by Crippen LogP contribution is -1.89. The quantitative estimate of drug-likeness (QED) is 0.700. The van der Waals surface area contributed by atoms with Gasteiger partial charge in [-0.2, -0.15) is 5.26 Å². The van der Waals surface area contributed by atoms with Gasteiger partial charge in [-0.1, -0.05) is 11.6 Å². The molecule has 2 heterocycles. The second-order valence-electron chi connectivity index (χ2n) is 3.80. The molecule has 0 spiro atoms. The van der Waals surface area contributed by atoms with E-state index < -0.39 is 5.82 Å². The monoisotopic (exact) mass is 324 g/mol. The van der Waals surface area contributed by atoms with Crippen molar-refractivity contribution in [3.05, 3.63) is 40.2 Å². The van der Waals surface area contributed by atoms with Crippen LogP contribution in [0.25, 0.3) is 10.9 Å². The average molecular weight is 325 g/mol. The Morgan fingerprint density at radius 3 is 3.05 bits per heavy atom. The van der Waals surface area contributed by atoms with E-state index in [2.05, 4.69) is 14.7 Å². The number of H-pyrrole nitrogens is 1. The number of rotatable bonds is 3. The highest BCUT2D eigenvalue weighted by atomic mass is 35.5. The molecule has 1 aromatic carbocycles. The lowest BCUT2D eigenvalue weighted by Gasteiger charge is -2.05. The largest absolute Gasteiger partial charge is 0.358 e. The molecule has 0 amide bonds. The van der Waals surface area contributed by atoms with Crippen molar-refractivity contribution >= 4 is 51.5 Å². The highest BCUT2D eigenvalue weighted by Gasteiger charge is 2.12. The van der Waals surface area contributed by atoms with Gasteiger partial charge in [0.2, 0.25) is 0 Å². The predicted octanol–water partition coefficient (Wildman–Crippen LogP) is 4.41. The van der Waals surface area contributed by atoms with E-state index in [1.165, 1.54) is 35.5 Å². The molecule has 2 N–H and O–H groups in total. The summed E-state index contributed by atoms with van der Waals surface area (Å²) >= 11 is 8.43. The van der Waals surface area contributed by atoms with Gasteiger partial charge < -0.3 is 9.71 Å². The first-order valence-corrected chi connectivity index (χ1v) is 7.50. The number of nitrogens with zero attached hydrogens (tertiary/aromatic N) is 2. The van der Waals surface area contributed by atoms with E-state index in [0.717, 1.165) is 4.34 Å². The van der Waals surface area contributed by atoms with Crippen LogP contribution in [-0.4, -0.2) is 9.97 Å². The second kappa shape index (κ2) is 5.32. The number of nitriles is 1. The van der Waals surface area contributed by atoms with Crippen molar-refractivity contribution in [3.8, 4) is 6.07 Å². The zero-order chi connectivity index (χ0) is 14.1. The molecule has 3 aromatic rings. The fourth-order valence-corrected chi connectivity index (χ4v) is 3.46. The van der Waals surface area contributed by atoms with Crippen LogP contribution >= 0.6 is 34.9 Å². The first kappa shape index (κ1) is 13.2. The molecule has 3 rings (SSSR count). The highest BCUT2D eigenvalue weighted by molar-refractivity contribution is 8.02. The van der Waals surface area contributed by atoms with Gasteiger partial charge in [-0.3, -0.25) is 0 Å². The molecule has 8 heteroatoms. The first-order chi connectivity index (χ1) is 9.69. The zero-order valence-electron chi connectivity index (χ0n) is 9.78. The summed E-state index contributed by atoms with van der Waals surface area (Å²) in [5.74, 6) is -0.425. The Labute approximate surface area is 126 Å². The van der Waals surface area contributed by atoms with E-state index in [9.17, 15) is 4.39 Å². The molecule has 0 saturated carbocycles. The smallest absolute Gasteiger partial charge is 0.172 e. The van der Waals surface area contributed by atoms with Crippen LogP contribution in [0.5, 0.6) is 0 Å². The third kappa shape index (κ3) is 2.33. The minimum atomic E-state index is -0.425. The van der Waals surface area contributed by atoms with Crippen LogP contribution in [0, 0.1) is 17.1 Å². The van der Waals surface area contributed by atoms with Crippen molar-refractivity contribution in [2.45, 2.75) is 4.34 Å². The van der Waals surface area contributed by atoms with Crippen molar-refractivity contribution in [2.24, 2.45) is 0 Å². The molecule has 2 aromatic heterocycles. The van der Waals surface area contributed by atoms with Crippen molar-refractivity contribution in [1.29, 1.82) is 5.26 Å². The van der Waals surface area contributed by atoms with E-state index in [1.807, 2.05) is 6.07 Å². The fourth-order valence-electron chi connectivity index (χ4n) is 1.76. The Bertz CT molecular complexity index is 821. The molecule has 0 fully saturated rings. The molecule has 0 atom stereocenters. The number of benzene rings is 1. The van der Waals surface area contributed by atoms with E-state index in [0.29, 0.717) is 16.4 Å². The van der Waals surface area contributed by atoms with Crippen LogP contribution in [0.2, 0.25) is 5.15 Å². The molecule has 100 valence electrons. The van der Waals surface area contributed by atoms with Gasteiger partial charge >= 0.3 is 0 Å². The third-order valence-electron chi connectivity index (χ3n) is 2.61. The number of hydrogen-bond donors (Lipinski definition) is 2. The summed E-state index contributed by atoms with van der Waals surface area (Å²) in [6.07, 6.45) is 1.49. The number of fused-ring (bicyclic) bond motifs is 1. The summed E-state index contributed by atoms with van der Waals surface area (Å²) in [4.78, 5) is 7.00. The Morgan fingerprint density at radius 1 is 1.50 bits per heavy atom. The topological polar surface area (TPSA) is 64.5 Å². The van der Waals surface area contributed by atoms with E-state index in [-0.39, 0.29) is 10.9 Å². The second-order valence-corrected chi connectivity index (χ2v) is 6.10. The molecule has 0 aliphatic heterocycles. The Morgan fingerprint density at radius 2 is 2.35 bits per heavy atom. The van der Waals surface area contributed by atoms with Gasteiger partial charge in [0.1, 0.15) is 17.0 Å². The molecule has 0 unspecified atom stereocenters. The van der Waals surface area contributed by atoms with Crippen LogP contribution < -0.4 is 4.72 Å². The van der Waals surface area contributed by atoms with Crippen LogP contribution in [0.1, 0.15) is 5.56 Å². The lowest BCUT2D eigenvalue weighted by atomic mass is 10.1. The van der Waals surface area contributed by atoms with Gasteiger partial charge in [-0.25, -0.2) is 9.37 Å². The molecule has 4 nitrogen and oxygen atoms in total. The number of hydrogen-bond acceptors (Lipinski definition) is 5. The average Bonchev–Trinajstić information content (AvgIpc) is 3.05. The maximum Gasteiger partial charge on any atom is 0.172 e. The maximum absolute atomic E-state index is 13.8. The van der Waals surface area contributed by atoms with Crippen LogP contribution in [0.4, 0.5) is 10.1 Å². The molecule has 0 bridgehead atoms. The van der Waals surface area contributed by atoms with Crippen LogP contribution in [-0.2, 0) is 0 Å². The molecular formula is C12H6ClFN4S2. The van der Waals surface area contributed by atoms with E-state index in [1.54, 1.807) is 11.4 Å². The summed E-state index contributed by atoms with van der Waals surface area (Å²) in [5.41, 5.74) is 1.51. The zero-order valence-corrected chi connectivity index (χ0v) is 12.2. The number of thiazole rings is 1. The molecule has 0 radical (unpaired) electrons. The standard InChI is InChI=1S/C12H6ClFN4S2/c13-9-5-19-12(17-9)20-18-8-2-1-7(14)10-6(3-15)4-16-11(8)10/h1-2,4-5,16,18H. The van der Waals surface area contributed by atoms with Gasteiger partial charge in [0.25, 0.3) is 0 Å². The molecule has 0 aliphatic rings. The number of anilines is 1. The third-order valence-corrected chi connectivity index (χ3v) is 4.69. The van der Waals surface area contributed by atoms with E-state index in [4.69, 9.17) is 16.9 Å². The predicted molar refractivity (Wildman–Crippen MR) is 79.6 cm³/mol. The summed E-state index contributed by atoms with van der Waals surface area (Å²) < 4.78 is 17.6. The Kier molecular flexibility index (Phi) is 3.53. The molecule has 0 saturated heterocycles. The summed E-state index contributed by atoms with van der Waals surface area (Å²) in [7, 11) is 0. The minimum Gasteiger partial charge on any atom is -0.358 e. The summed E-state index contributed by atoms with van der Waals surface area (Å²) in [6.45, 7) is 0. The molecular weight excluding hydrogens is 319 g/mol. The Balaban J connectivity index is 1.94. The SMILES string of the molecule is N#Cc1c[nH]c2c(NSc3nc(Cl)cs3)ccc(F)c12. The number of nitrogens with one attached hydrogen (secondary N) is 2. The van der Waals surface area contributed by atoms with Gasteiger partial charge in [0.05, 0.1) is 22.2 Å². The first-order valence-electron chi connectivity index (χ1n) is 5.42. The normalized spacial score (nSPS) is 10.7. The van der Waals surface area contributed by atoms with Crippen molar-refractivity contribution in [3.63, 3.8) is 0 Å². The van der Waals surface area contributed by atoms with Crippen LogP contribution in [0.3, 0.4) is 0 Å². The van der Waals surface area contributed by atoms with Crippen molar-refractivity contribution < 1.29 is 4.39 Å². The highest BCUT2D eigenvalue weighted by Crippen LogP contribution is 2.32. The summed E-state index contributed by atoms with van der Waals surface area (Å²) in [5, 5.41) is 11.4. The molecule has 20 heavy (non-hydrogen) atoms. The van der Waals surface area contributed by atoms with E-state index >= 15 is 0 Å². The summed E-state index contributed by atoms with van der Waals surface area (Å²) in [6, 6.07) is 4.90. The number of aromatic nitrogens is 2. The fraction of sp³-hybridized carbons (Fsp3) is 0. The van der Waals surface area contributed by atoms with Gasteiger partial charge in [-0.15, -0.1) is 11.3 Å². The van der Waals surface area contributed by atoms with Crippen molar-refractivity contribution in [2.75, 3.05) is 4.72 Å². The molecule has 0 aliphatic carbocycles. The van der Waals surface area contributed by atoms with Gasteiger partial charge in [-0.05, 0) is 12.1 Å². The number of aromatic amines is 1. The van der Waals surface area contributed by atoms with Gasteiger partial charge in [0, 0.05) is 23.5 Å². The Hall–Kier alpha value is -1.75. The van der Waals surface area contributed by atoms with Gasteiger partial charge in [0.15, 0.2) is 4.34 Å². The van der Waals surface area contributed by atoms with Crippen molar-refractivity contribution in [1.82, 2.24) is 9.97 Å². The number of halogens is 2. The minimum absolute atomic E-state index is 0.281. The lowest BCUT2D eigenvalue weighted by molar-refractivity contribution is 0.640. The van der Waals surface area contributed by atoms with Crippen LogP contribution in [0.15, 0.2) is 28.0 Å².